The normalized spacial score (nSPS) is 11.8. The van der Waals surface area contributed by atoms with Crippen LogP contribution < -0.4 is 0 Å². The summed E-state index contributed by atoms with van der Waals surface area (Å²) in [4.78, 5) is 6.73. The minimum absolute atomic E-state index is 0.347. The van der Waals surface area contributed by atoms with E-state index < -0.39 is 0 Å². The van der Waals surface area contributed by atoms with E-state index in [1.165, 1.54) is 11.8 Å². The van der Waals surface area contributed by atoms with E-state index in [2.05, 4.69) is 37.2 Å². The molecule has 104 valence electrons. The van der Waals surface area contributed by atoms with Gasteiger partial charge in [-0.2, -0.15) is 0 Å². The van der Waals surface area contributed by atoms with Gasteiger partial charge in [-0.3, -0.25) is 5.41 Å². The maximum absolute atomic E-state index is 7.75. The van der Waals surface area contributed by atoms with Crippen LogP contribution in [0.25, 0.3) is 0 Å². The van der Waals surface area contributed by atoms with E-state index in [4.69, 9.17) is 5.41 Å². The van der Waals surface area contributed by atoms with Gasteiger partial charge in [0, 0.05) is 12.6 Å². The number of thioether (sulfide) groups is 1. The van der Waals surface area contributed by atoms with Crippen molar-refractivity contribution >= 4 is 22.8 Å². The van der Waals surface area contributed by atoms with Gasteiger partial charge >= 0.3 is 0 Å². The highest BCUT2D eigenvalue weighted by Crippen LogP contribution is 2.15. The van der Waals surface area contributed by atoms with Crippen LogP contribution in [-0.2, 0) is 0 Å². The van der Waals surface area contributed by atoms with Gasteiger partial charge in [-0.1, -0.05) is 39.1 Å². The largest absolute Gasteiger partial charge is 0.353 e. The molecule has 0 heterocycles. The zero-order chi connectivity index (χ0) is 14.1. The number of nitrogens with one attached hydrogen (secondary N) is 1. The fourth-order valence-electron chi connectivity index (χ4n) is 1.98. The lowest BCUT2D eigenvalue weighted by Crippen LogP contribution is -2.41. The highest BCUT2D eigenvalue weighted by atomic mass is 32.2. The minimum Gasteiger partial charge on any atom is -0.353 e. The van der Waals surface area contributed by atoms with E-state index in [0.29, 0.717) is 11.2 Å². The molecule has 0 saturated carbocycles. The summed E-state index contributed by atoms with van der Waals surface area (Å²) < 4.78 is 0. The monoisotopic (exact) mass is 269 g/mol. The summed E-state index contributed by atoms with van der Waals surface area (Å²) >= 11 is 1.36. The first-order chi connectivity index (χ1) is 8.51. The summed E-state index contributed by atoms with van der Waals surface area (Å²) in [7, 11) is 0. The van der Waals surface area contributed by atoms with Crippen molar-refractivity contribution in [3.63, 3.8) is 0 Å². The number of nitrogens with zero attached hydrogens (tertiary/aromatic N) is 2. The van der Waals surface area contributed by atoms with Gasteiger partial charge in [-0.15, -0.1) is 0 Å². The van der Waals surface area contributed by atoms with Gasteiger partial charge in [-0.05, 0) is 38.0 Å². The first-order valence-electron chi connectivity index (χ1n) is 6.65. The van der Waals surface area contributed by atoms with Gasteiger partial charge in [0.1, 0.15) is 5.84 Å². The van der Waals surface area contributed by atoms with Gasteiger partial charge in [0.25, 0.3) is 0 Å². The van der Waals surface area contributed by atoms with Crippen LogP contribution >= 0.6 is 11.8 Å². The number of hydrogen-bond acceptors (Lipinski definition) is 2. The lowest BCUT2D eigenvalue weighted by molar-refractivity contribution is 0.295. The number of aliphatic imine (C=N–C) groups is 1. The molecule has 0 aliphatic heterocycles. The van der Waals surface area contributed by atoms with E-state index in [9.17, 15) is 0 Å². The molecule has 0 amide bonds. The van der Waals surface area contributed by atoms with Crippen LogP contribution in [0, 0.1) is 5.41 Å². The third-order valence-electron chi connectivity index (χ3n) is 2.90. The second kappa shape index (κ2) is 9.20. The summed E-state index contributed by atoms with van der Waals surface area (Å²) in [6.45, 7) is 13.5. The molecule has 1 N–H and O–H groups in total. The summed E-state index contributed by atoms with van der Waals surface area (Å²) in [5, 5.41) is 8.10. The molecule has 0 unspecified atom stereocenters. The topological polar surface area (TPSA) is 39.5 Å². The highest BCUT2D eigenvalue weighted by Gasteiger charge is 2.19. The van der Waals surface area contributed by atoms with Crippen LogP contribution in [-0.4, -0.2) is 34.7 Å². The molecule has 0 fully saturated rings. The van der Waals surface area contributed by atoms with Crippen molar-refractivity contribution < 1.29 is 0 Å². The van der Waals surface area contributed by atoms with Crippen molar-refractivity contribution in [2.45, 2.75) is 53.0 Å². The Labute approximate surface area is 116 Å². The molecule has 0 aliphatic carbocycles. The molecule has 3 nitrogen and oxygen atoms in total. The van der Waals surface area contributed by atoms with Crippen molar-refractivity contribution in [2.24, 2.45) is 4.99 Å². The molecule has 0 rings (SSSR count). The van der Waals surface area contributed by atoms with Gasteiger partial charge in [0.15, 0.2) is 5.17 Å². The Morgan fingerprint density at radius 2 is 1.89 bits per heavy atom. The predicted molar refractivity (Wildman–Crippen MR) is 84.9 cm³/mol. The Morgan fingerprint density at radius 3 is 2.22 bits per heavy atom. The Hall–Kier alpha value is -0.770. The molecule has 0 bridgehead atoms. The van der Waals surface area contributed by atoms with Crippen LogP contribution in [0.4, 0.5) is 0 Å². The Bertz CT molecular complexity index is 306. The molecule has 0 saturated heterocycles. The van der Waals surface area contributed by atoms with E-state index in [0.717, 1.165) is 37.2 Å². The summed E-state index contributed by atoms with van der Waals surface area (Å²) in [5.74, 6) is 0.880. The second-order valence-electron chi connectivity index (χ2n) is 4.39. The second-order valence-corrected chi connectivity index (χ2v) is 5.18. The van der Waals surface area contributed by atoms with Crippen LogP contribution in [0.1, 0.15) is 47.0 Å². The third kappa shape index (κ3) is 5.25. The average molecular weight is 269 g/mol. The molecular formula is C14H27N3S. The standard InChI is InChI=1S/C14H27N3S/c1-7-10-17(12(8-2)9-3)13(11(4)5)16-14(15)18-6/h12,15H,4,7-10H2,1-3,5-6H3/b15-14?,16-13+. The molecular weight excluding hydrogens is 242 g/mol. The number of rotatable bonds is 6. The molecule has 0 radical (unpaired) electrons. The minimum atomic E-state index is 0.347. The first kappa shape index (κ1) is 17.2. The van der Waals surface area contributed by atoms with Gasteiger partial charge in [0.05, 0.1) is 0 Å². The summed E-state index contributed by atoms with van der Waals surface area (Å²) in [6.07, 6.45) is 5.14. The van der Waals surface area contributed by atoms with E-state index in [1.54, 1.807) is 0 Å². The maximum atomic E-state index is 7.75. The van der Waals surface area contributed by atoms with Crippen LogP contribution in [0.5, 0.6) is 0 Å². The smallest absolute Gasteiger partial charge is 0.181 e. The molecule has 0 spiro atoms. The molecule has 0 aliphatic rings. The van der Waals surface area contributed by atoms with E-state index in [-0.39, 0.29) is 0 Å². The zero-order valence-corrected chi connectivity index (χ0v) is 13.2. The zero-order valence-electron chi connectivity index (χ0n) is 12.4. The first-order valence-corrected chi connectivity index (χ1v) is 7.87. The van der Waals surface area contributed by atoms with Crippen molar-refractivity contribution in [3.8, 4) is 0 Å². The maximum Gasteiger partial charge on any atom is 0.181 e. The lowest BCUT2D eigenvalue weighted by Gasteiger charge is -2.33. The van der Waals surface area contributed by atoms with Gasteiger partial charge in [-0.25, -0.2) is 4.99 Å². The molecule has 18 heavy (non-hydrogen) atoms. The number of amidine groups is 2. The van der Waals surface area contributed by atoms with Crippen molar-refractivity contribution in [3.05, 3.63) is 12.2 Å². The predicted octanol–water partition coefficient (Wildman–Crippen LogP) is 4.16. The highest BCUT2D eigenvalue weighted by molar-refractivity contribution is 8.13. The Morgan fingerprint density at radius 1 is 1.33 bits per heavy atom. The average Bonchev–Trinajstić information content (AvgIpc) is 2.35. The summed E-state index contributed by atoms with van der Waals surface area (Å²) in [6, 6.07) is 0.482. The molecule has 0 aromatic carbocycles. The van der Waals surface area contributed by atoms with E-state index in [1.807, 2.05) is 13.2 Å². The molecule has 4 heteroatoms. The molecule has 0 aromatic heterocycles. The number of hydrogen-bond donors (Lipinski definition) is 1. The van der Waals surface area contributed by atoms with Crippen LogP contribution in [0.3, 0.4) is 0 Å². The molecule has 0 aromatic rings. The van der Waals surface area contributed by atoms with Crippen LogP contribution in [0.15, 0.2) is 17.1 Å². The van der Waals surface area contributed by atoms with Crippen molar-refractivity contribution in [1.82, 2.24) is 4.90 Å². The van der Waals surface area contributed by atoms with Crippen molar-refractivity contribution in [2.75, 3.05) is 12.8 Å². The fraction of sp³-hybridized carbons (Fsp3) is 0.714. The fourth-order valence-corrected chi connectivity index (χ4v) is 2.16. The quantitative estimate of drug-likeness (QED) is 0.581. The van der Waals surface area contributed by atoms with Crippen LogP contribution in [0.2, 0.25) is 0 Å². The van der Waals surface area contributed by atoms with Crippen molar-refractivity contribution in [1.29, 1.82) is 5.41 Å². The third-order valence-corrected chi connectivity index (χ3v) is 3.38. The summed E-state index contributed by atoms with van der Waals surface area (Å²) in [5.41, 5.74) is 0.939. The Kier molecular flexibility index (Phi) is 8.81. The van der Waals surface area contributed by atoms with Gasteiger partial charge < -0.3 is 4.90 Å². The SMILES string of the molecule is C=C(C)/C(=N\C(=N)SC)N(CCC)C(CC)CC. The lowest BCUT2D eigenvalue weighted by atomic mass is 10.1. The van der Waals surface area contributed by atoms with E-state index >= 15 is 0 Å². The van der Waals surface area contributed by atoms with Gasteiger partial charge in [0.2, 0.25) is 0 Å². The Balaban J connectivity index is 5.28. The molecule has 0 atom stereocenters.